The van der Waals surface area contributed by atoms with Crippen LogP contribution in [0.15, 0.2) is 24.3 Å². The minimum atomic E-state index is -0.00939. The van der Waals surface area contributed by atoms with Gasteiger partial charge in [0.15, 0.2) is 0 Å². The summed E-state index contributed by atoms with van der Waals surface area (Å²) in [7, 11) is 0. The summed E-state index contributed by atoms with van der Waals surface area (Å²) in [5.74, 6) is 0. The van der Waals surface area contributed by atoms with E-state index in [1.165, 1.54) is 0 Å². The van der Waals surface area contributed by atoms with Crippen LogP contribution < -0.4 is 5.32 Å². The third-order valence-electron chi connectivity index (χ3n) is 2.89. The lowest BCUT2D eigenvalue weighted by Crippen LogP contribution is -2.37. The molecule has 1 aromatic rings. The zero-order chi connectivity index (χ0) is 12.1. The predicted molar refractivity (Wildman–Crippen MR) is 64.2 cm³/mol. The topological polar surface area (TPSA) is 56.1 Å². The second-order valence-electron chi connectivity index (χ2n) is 4.17. The maximum Gasteiger partial charge on any atom is 0.317 e. The van der Waals surface area contributed by atoms with E-state index in [9.17, 15) is 4.79 Å². The Morgan fingerprint density at radius 1 is 1.41 bits per heavy atom. The lowest BCUT2D eigenvalue weighted by Gasteiger charge is -2.16. The lowest BCUT2D eigenvalue weighted by molar-refractivity contribution is 0.208. The number of urea groups is 1. The van der Waals surface area contributed by atoms with Crippen LogP contribution in [0, 0.1) is 11.3 Å². The molecule has 1 saturated heterocycles. The molecule has 2 rings (SSSR count). The molecule has 88 valence electrons. The molecule has 0 aliphatic carbocycles. The number of hydrogen-bond acceptors (Lipinski definition) is 2. The molecule has 1 aliphatic heterocycles. The van der Waals surface area contributed by atoms with Gasteiger partial charge in [-0.25, -0.2) is 4.79 Å². The van der Waals surface area contributed by atoms with Crippen molar-refractivity contribution < 1.29 is 4.79 Å². The van der Waals surface area contributed by atoms with E-state index < -0.39 is 0 Å². The van der Waals surface area contributed by atoms with Crippen molar-refractivity contribution in [2.24, 2.45) is 0 Å². The number of carbonyl (C=O) groups excluding carboxylic acids is 1. The molecule has 1 aromatic carbocycles. The van der Waals surface area contributed by atoms with Gasteiger partial charge in [-0.2, -0.15) is 5.26 Å². The summed E-state index contributed by atoms with van der Waals surface area (Å²) in [6.07, 6.45) is 2.19. The van der Waals surface area contributed by atoms with E-state index in [1.807, 2.05) is 17.0 Å². The SMILES string of the molecule is N#Cc1cccc(CNC(=O)N2CCCC2)c1. The van der Waals surface area contributed by atoms with E-state index in [0.717, 1.165) is 31.5 Å². The summed E-state index contributed by atoms with van der Waals surface area (Å²) in [6, 6.07) is 9.37. The molecule has 1 N–H and O–H groups in total. The fourth-order valence-electron chi connectivity index (χ4n) is 1.96. The highest BCUT2D eigenvalue weighted by Gasteiger charge is 2.16. The molecule has 2 amide bonds. The predicted octanol–water partition coefficient (Wildman–Crippen LogP) is 1.86. The van der Waals surface area contributed by atoms with Gasteiger partial charge < -0.3 is 10.2 Å². The van der Waals surface area contributed by atoms with Gasteiger partial charge in [-0.15, -0.1) is 0 Å². The van der Waals surface area contributed by atoms with Crippen LogP contribution in [0.1, 0.15) is 24.0 Å². The number of amides is 2. The summed E-state index contributed by atoms with van der Waals surface area (Å²) >= 11 is 0. The van der Waals surface area contributed by atoms with E-state index in [1.54, 1.807) is 12.1 Å². The van der Waals surface area contributed by atoms with Crippen molar-refractivity contribution in [3.63, 3.8) is 0 Å². The molecule has 0 unspecified atom stereocenters. The van der Waals surface area contributed by atoms with E-state index in [4.69, 9.17) is 5.26 Å². The first-order chi connectivity index (χ1) is 8.29. The summed E-state index contributed by atoms with van der Waals surface area (Å²) in [5.41, 5.74) is 1.58. The quantitative estimate of drug-likeness (QED) is 0.841. The number of rotatable bonds is 2. The number of nitrogens with one attached hydrogen (secondary N) is 1. The monoisotopic (exact) mass is 229 g/mol. The number of nitrogens with zero attached hydrogens (tertiary/aromatic N) is 2. The molecule has 0 bridgehead atoms. The average Bonchev–Trinajstić information content (AvgIpc) is 2.90. The van der Waals surface area contributed by atoms with Gasteiger partial charge in [-0.05, 0) is 30.5 Å². The van der Waals surface area contributed by atoms with Crippen molar-refractivity contribution >= 4 is 6.03 Å². The lowest BCUT2D eigenvalue weighted by atomic mass is 10.1. The standard InChI is InChI=1S/C13H15N3O/c14-9-11-4-3-5-12(8-11)10-15-13(17)16-6-1-2-7-16/h3-5,8H,1-2,6-7,10H2,(H,15,17). The van der Waals surface area contributed by atoms with Gasteiger partial charge in [-0.3, -0.25) is 0 Å². The number of nitriles is 1. The molecule has 1 aliphatic rings. The van der Waals surface area contributed by atoms with Crippen LogP contribution in [-0.2, 0) is 6.54 Å². The molecule has 17 heavy (non-hydrogen) atoms. The van der Waals surface area contributed by atoms with Crippen LogP contribution >= 0.6 is 0 Å². The molecule has 0 spiro atoms. The molecule has 1 fully saturated rings. The Hall–Kier alpha value is -2.02. The van der Waals surface area contributed by atoms with Crippen molar-refractivity contribution in [1.29, 1.82) is 5.26 Å². The Kier molecular flexibility index (Phi) is 3.61. The summed E-state index contributed by atoms with van der Waals surface area (Å²) < 4.78 is 0. The maximum atomic E-state index is 11.7. The van der Waals surface area contributed by atoms with Crippen molar-refractivity contribution in [2.75, 3.05) is 13.1 Å². The van der Waals surface area contributed by atoms with Crippen LogP contribution in [0.25, 0.3) is 0 Å². The fourth-order valence-corrected chi connectivity index (χ4v) is 1.96. The summed E-state index contributed by atoms with van der Waals surface area (Å²) in [5, 5.41) is 11.6. The Labute approximate surface area is 101 Å². The number of likely N-dealkylation sites (tertiary alicyclic amines) is 1. The summed E-state index contributed by atoms with van der Waals surface area (Å²) in [4.78, 5) is 13.6. The largest absolute Gasteiger partial charge is 0.334 e. The van der Waals surface area contributed by atoms with Crippen LogP contribution in [-0.4, -0.2) is 24.0 Å². The Bertz CT molecular complexity index is 444. The van der Waals surface area contributed by atoms with Gasteiger partial charge in [0.1, 0.15) is 0 Å². The summed E-state index contributed by atoms with van der Waals surface area (Å²) in [6.45, 7) is 2.18. The molecular formula is C13H15N3O. The Morgan fingerprint density at radius 3 is 2.88 bits per heavy atom. The Balaban J connectivity index is 1.88. The number of hydrogen-bond donors (Lipinski definition) is 1. The number of carbonyl (C=O) groups is 1. The zero-order valence-corrected chi connectivity index (χ0v) is 9.65. The second-order valence-corrected chi connectivity index (χ2v) is 4.17. The van der Waals surface area contributed by atoms with Gasteiger partial charge >= 0.3 is 6.03 Å². The van der Waals surface area contributed by atoms with Gasteiger partial charge in [0.05, 0.1) is 11.6 Å². The normalized spacial score (nSPS) is 14.4. The maximum absolute atomic E-state index is 11.7. The fraction of sp³-hybridized carbons (Fsp3) is 0.385. The highest BCUT2D eigenvalue weighted by atomic mass is 16.2. The highest BCUT2D eigenvalue weighted by Crippen LogP contribution is 2.08. The first-order valence-electron chi connectivity index (χ1n) is 5.81. The Morgan fingerprint density at radius 2 is 2.18 bits per heavy atom. The van der Waals surface area contributed by atoms with E-state index >= 15 is 0 Å². The third-order valence-corrected chi connectivity index (χ3v) is 2.89. The first kappa shape index (κ1) is 11.5. The molecular weight excluding hydrogens is 214 g/mol. The minimum absolute atomic E-state index is 0.00939. The van der Waals surface area contributed by atoms with Crippen molar-refractivity contribution in [1.82, 2.24) is 10.2 Å². The average molecular weight is 229 g/mol. The molecule has 1 heterocycles. The molecule has 0 aromatic heterocycles. The van der Waals surface area contributed by atoms with Gasteiger partial charge in [-0.1, -0.05) is 12.1 Å². The molecule has 0 saturated carbocycles. The van der Waals surface area contributed by atoms with Gasteiger partial charge in [0.2, 0.25) is 0 Å². The van der Waals surface area contributed by atoms with Crippen LogP contribution in [0.5, 0.6) is 0 Å². The van der Waals surface area contributed by atoms with E-state index in [-0.39, 0.29) is 6.03 Å². The second kappa shape index (κ2) is 5.35. The van der Waals surface area contributed by atoms with Crippen molar-refractivity contribution in [3.8, 4) is 6.07 Å². The molecule has 4 heteroatoms. The van der Waals surface area contributed by atoms with Gasteiger partial charge in [0.25, 0.3) is 0 Å². The van der Waals surface area contributed by atoms with Crippen LogP contribution in [0.3, 0.4) is 0 Å². The first-order valence-corrected chi connectivity index (χ1v) is 5.81. The van der Waals surface area contributed by atoms with Gasteiger partial charge in [0, 0.05) is 19.6 Å². The van der Waals surface area contributed by atoms with E-state index in [0.29, 0.717) is 12.1 Å². The smallest absolute Gasteiger partial charge is 0.317 e. The molecule has 0 atom stereocenters. The van der Waals surface area contributed by atoms with Crippen LogP contribution in [0.4, 0.5) is 4.79 Å². The number of benzene rings is 1. The van der Waals surface area contributed by atoms with Crippen molar-refractivity contribution in [2.45, 2.75) is 19.4 Å². The van der Waals surface area contributed by atoms with Crippen LogP contribution in [0.2, 0.25) is 0 Å². The molecule has 4 nitrogen and oxygen atoms in total. The third kappa shape index (κ3) is 2.97. The zero-order valence-electron chi connectivity index (χ0n) is 9.65. The van der Waals surface area contributed by atoms with E-state index in [2.05, 4.69) is 11.4 Å². The van der Waals surface area contributed by atoms with Crippen molar-refractivity contribution in [3.05, 3.63) is 35.4 Å². The highest BCUT2D eigenvalue weighted by molar-refractivity contribution is 5.74. The molecule has 0 radical (unpaired) electrons. The minimum Gasteiger partial charge on any atom is -0.334 e.